The number of ether oxygens (including phenoxy) is 2. The van der Waals surface area contributed by atoms with Crippen molar-refractivity contribution in [2.75, 3.05) is 53.0 Å². The van der Waals surface area contributed by atoms with Crippen LogP contribution in [-0.2, 0) is 14.3 Å². The molecule has 0 amide bonds. The van der Waals surface area contributed by atoms with E-state index >= 15 is 0 Å². The molecule has 2 atom stereocenters. The van der Waals surface area contributed by atoms with Gasteiger partial charge >= 0.3 is 5.97 Å². The van der Waals surface area contributed by atoms with Crippen LogP contribution in [0.5, 0.6) is 0 Å². The Morgan fingerprint density at radius 2 is 2.08 bits per heavy atom. The van der Waals surface area contributed by atoms with Gasteiger partial charge in [0.05, 0.1) is 25.2 Å². The van der Waals surface area contributed by atoms with Crippen LogP contribution in [0, 0.1) is 5.92 Å². The van der Waals surface area contributed by atoms with Gasteiger partial charge in [-0.05, 0) is 39.2 Å². The zero-order valence-corrected chi connectivity index (χ0v) is 15.6. The number of aliphatic imine (C=N–C) groups is 1. The van der Waals surface area contributed by atoms with Gasteiger partial charge in [0.15, 0.2) is 5.96 Å². The maximum atomic E-state index is 11.9. The number of carbonyl (C=O) groups excluding carboxylic acids is 1. The monoisotopic (exact) mass is 352 g/mol. The number of nitrogens with zero attached hydrogens (tertiary/aromatic N) is 3. The SMILES string of the molecule is CCOC(=O)C1CCN(C(=NC)NCC2CN3CCCC3CO2)CC1. The quantitative estimate of drug-likeness (QED) is 0.456. The minimum Gasteiger partial charge on any atom is -0.466 e. The summed E-state index contributed by atoms with van der Waals surface area (Å²) in [5, 5.41) is 3.47. The zero-order valence-electron chi connectivity index (χ0n) is 15.6. The average molecular weight is 352 g/mol. The van der Waals surface area contributed by atoms with Crippen LogP contribution in [0.3, 0.4) is 0 Å². The normalized spacial score (nSPS) is 28.7. The van der Waals surface area contributed by atoms with Crippen LogP contribution in [-0.4, -0.2) is 86.9 Å². The Labute approximate surface area is 150 Å². The first-order valence-electron chi connectivity index (χ1n) is 9.69. The van der Waals surface area contributed by atoms with Crippen molar-refractivity contribution in [3.8, 4) is 0 Å². The smallest absolute Gasteiger partial charge is 0.309 e. The van der Waals surface area contributed by atoms with Gasteiger partial charge in [0.1, 0.15) is 0 Å². The summed E-state index contributed by atoms with van der Waals surface area (Å²) in [5.41, 5.74) is 0. The Hall–Kier alpha value is -1.34. The molecule has 142 valence electrons. The standard InChI is InChI=1S/C18H32N4O3/c1-3-24-17(23)14-6-9-21(10-7-14)18(19-2)20-11-16-12-22-8-4-5-15(22)13-25-16/h14-16H,3-13H2,1-2H3,(H,19,20). The number of morpholine rings is 1. The first kappa shape index (κ1) is 18.5. The maximum absolute atomic E-state index is 11.9. The molecule has 0 aliphatic carbocycles. The van der Waals surface area contributed by atoms with E-state index in [0.29, 0.717) is 12.6 Å². The molecule has 7 nitrogen and oxygen atoms in total. The number of nitrogens with one attached hydrogen (secondary N) is 1. The molecule has 3 heterocycles. The summed E-state index contributed by atoms with van der Waals surface area (Å²) in [4.78, 5) is 21.1. The topological polar surface area (TPSA) is 66.4 Å². The molecule has 3 aliphatic rings. The molecule has 25 heavy (non-hydrogen) atoms. The third-order valence-corrected chi connectivity index (χ3v) is 5.58. The van der Waals surface area contributed by atoms with Crippen molar-refractivity contribution in [1.82, 2.24) is 15.1 Å². The summed E-state index contributed by atoms with van der Waals surface area (Å²) in [6, 6.07) is 0.637. The van der Waals surface area contributed by atoms with Gasteiger partial charge in [0.25, 0.3) is 0 Å². The van der Waals surface area contributed by atoms with E-state index in [2.05, 4.69) is 20.1 Å². The molecule has 0 aromatic carbocycles. The van der Waals surface area contributed by atoms with Crippen molar-refractivity contribution in [1.29, 1.82) is 0 Å². The molecule has 3 rings (SSSR count). The lowest BCUT2D eigenvalue weighted by Crippen LogP contribution is -2.53. The van der Waals surface area contributed by atoms with E-state index in [-0.39, 0.29) is 18.0 Å². The molecule has 0 saturated carbocycles. The van der Waals surface area contributed by atoms with Gasteiger partial charge in [-0.25, -0.2) is 0 Å². The number of hydrogen-bond donors (Lipinski definition) is 1. The Bertz CT molecular complexity index is 477. The Balaban J connectivity index is 1.42. The number of piperidine rings is 1. The number of carbonyl (C=O) groups is 1. The number of rotatable bonds is 4. The van der Waals surface area contributed by atoms with Crippen molar-refractivity contribution in [3.05, 3.63) is 0 Å². The van der Waals surface area contributed by atoms with E-state index in [1.807, 2.05) is 14.0 Å². The molecule has 7 heteroatoms. The van der Waals surface area contributed by atoms with Crippen molar-refractivity contribution in [3.63, 3.8) is 0 Å². The number of hydrogen-bond acceptors (Lipinski definition) is 5. The second-order valence-electron chi connectivity index (χ2n) is 7.19. The Kier molecular flexibility index (Phi) is 6.53. The van der Waals surface area contributed by atoms with Gasteiger partial charge in [0, 0.05) is 39.3 Å². The fourth-order valence-corrected chi connectivity index (χ4v) is 4.13. The molecule has 3 saturated heterocycles. The Morgan fingerprint density at radius 3 is 2.80 bits per heavy atom. The van der Waals surface area contributed by atoms with Crippen molar-refractivity contribution < 1.29 is 14.3 Å². The molecule has 3 aliphatic heterocycles. The van der Waals surface area contributed by atoms with Crippen LogP contribution in [0.2, 0.25) is 0 Å². The summed E-state index contributed by atoms with van der Waals surface area (Å²) in [6.07, 6.45) is 4.45. The summed E-state index contributed by atoms with van der Waals surface area (Å²) in [6.45, 7) is 7.85. The molecule has 3 fully saturated rings. The predicted molar refractivity (Wildman–Crippen MR) is 96.6 cm³/mol. The fourth-order valence-electron chi connectivity index (χ4n) is 4.13. The van der Waals surface area contributed by atoms with Gasteiger partial charge in [0.2, 0.25) is 0 Å². The van der Waals surface area contributed by atoms with E-state index in [1.54, 1.807) is 0 Å². The first-order valence-corrected chi connectivity index (χ1v) is 9.69. The molecule has 2 unspecified atom stereocenters. The average Bonchev–Trinajstić information content (AvgIpc) is 3.11. The van der Waals surface area contributed by atoms with Crippen molar-refractivity contribution in [2.24, 2.45) is 10.9 Å². The lowest BCUT2D eigenvalue weighted by Gasteiger charge is -2.37. The summed E-state index contributed by atoms with van der Waals surface area (Å²) in [5.74, 6) is 0.887. The molecule has 0 spiro atoms. The highest BCUT2D eigenvalue weighted by Crippen LogP contribution is 2.22. The van der Waals surface area contributed by atoms with Crippen LogP contribution in [0.15, 0.2) is 4.99 Å². The second-order valence-corrected chi connectivity index (χ2v) is 7.19. The largest absolute Gasteiger partial charge is 0.466 e. The maximum Gasteiger partial charge on any atom is 0.309 e. The predicted octanol–water partition coefficient (Wildman–Crippen LogP) is 0.700. The van der Waals surface area contributed by atoms with Crippen LogP contribution in [0.1, 0.15) is 32.6 Å². The molecule has 0 aromatic rings. The van der Waals surface area contributed by atoms with Gasteiger partial charge in [-0.3, -0.25) is 14.7 Å². The fraction of sp³-hybridized carbons (Fsp3) is 0.889. The third-order valence-electron chi connectivity index (χ3n) is 5.58. The summed E-state index contributed by atoms with van der Waals surface area (Å²) in [7, 11) is 1.82. The van der Waals surface area contributed by atoms with E-state index < -0.39 is 0 Å². The second kappa shape index (κ2) is 8.85. The summed E-state index contributed by atoms with van der Waals surface area (Å²) < 4.78 is 11.2. The molecular weight excluding hydrogens is 320 g/mol. The van der Waals surface area contributed by atoms with Crippen molar-refractivity contribution >= 4 is 11.9 Å². The highest BCUT2D eigenvalue weighted by molar-refractivity contribution is 5.80. The number of guanidine groups is 1. The summed E-state index contributed by atoms with van der Waals surface area (Å²) >= 11 is 0. The number of esters is 1. The zero-order chi connectivity index (χ0) is 17.6. The number of likely N-dealkylation sites (tertiary alicyclic amines) is 1. The van der Waals surface area contributed by atoms with Gasteiger partial charge in [-0.2, -0.15) is 0 Å². The van der Waals surface area contributed by atoms with E-state index in [9.17, 15) is 4.79 Å². The molecule has 0 radical (unpaired) electrons. The molecular formula is C18H32N4O3. The molecule has 0 aromatic heterocycles. The van der Waals surface area contributed by atoms with Gasteiger partial charge in [-0.1, -0.05) is 0 Å². The van der Waals surface area contributed by atoms with E-state index in [0.717, 1.165) is 51.6 Å². The first-order chi connectivity index (χ1) is 12.2. The minimum atomic E-state index is -0.0548. The highest BCUT2D eigenvalue weighted by Gasteiger charge is 2.32. The molecule has 1 N–H and O–H groups in total. The highest BCUT2D eigenvalue weighted by atomic mass is 16.5. The van der Waals surface area contributed by atoms with Gasteiger partial charge < -0.3 is 19.7 Å². The van der Waals surface area contributed by atoms with Gasteiger partial charge in [-0.15, -0.1) is 0 Å². The number of fused-ring (bicyclic) bond motifs is 1. The van der Waals surface area contributed by atoms with E-state index in [4.69, 9.17) is 9.47 Å². The van der Waals surface area contributed by atoms with Crippen LogP contribution >= 0.6 is 0 Å². The van der Waals surface area contributed by atoms with Crippen LogP contribution < -0.4 is 5.32 Å². The minimum absolute atomic E-state index is 0.0306. The van der Waals surface area contributed by atoms with E-state index in [1.165, 1.54) is 19.4 Å². The van der Waals surface area contributed by atoms with Crippen LogP contribution in [0.4, 0.5) is 0 Å². The third kappa shape index (κ3) is 4.64. The molecule has 0 bridgehead atoms. The van der Waals surface area contributed by atoms with Crippen LogP contribution in [0.25, 0.3) is 0 Å². The van der Waals surface area contributed by atoms with Crippen molar-refractivity contribution in [2.45, 2.75) is 44.8 Å². The Morgan fingerprint density at radius 1 is 1.28 bits per heavy atom. The lowest BCUT2D eigenvalue weighted by molar-refractivity contribution is -0.149. The lowest BCUT2D eigenvalue weighted by atomic mass is 9.97.